The largest absolute Gasteiger partial charge is 0.388 e. The van der Waals surface area contributed by atoms with E-state index in [1.165, 1.54) is 11.3 Å². The summed E-state index contributed by atoms with van der Waals surface area (Å²) in [6.07, 6.45) is 0.0198. The first-order chi connectivity index (χ1) is 9.56. The van der Waals surface area contributed by atoms with E-state index in [0.29, 0.717) is 18.5 Å². The third-order valence-electron chi connectivity index (χ3n) is 3.06. The van der Waals surface area contributed by atoms with Crippen LogP contribution in [0.2, 0.25) is 0 Å². The van der Waals surface area contributed by atoms with Crippen molar-refractivity contribution < 1.29 is 9.90 Å². The zero-order valence-electron chi connectivity index (χ0n) is 11.7. The minimum atomic E-state index is -0.505. The number of rotatable bonds is 5. The molecule has 1 unspecified atom stereocenters. The summed E-state index contributed by atoms with van der Waals surface area (Å²) >= 11 is 1.53. The lowest BCUT2D eigenvalue weighted by molar-refractivity contribution is 0.0943. The van der Waals surface area contributed by atoms with Crippen molar-refractivity contribution in [3.05, 3.63) is 57.3 Å². The minimum absolute atomic E-state index is 0.0878. The van der Waals surface area contributed by atoms with E-state index in [1.807, 2.05) is 49.6 Å². The smallest absolute Gasteiger partial charge is 0.251 e. The highest BCUT2D eigenvalue weighted by atomic mass is 32.1. The number of hydrogen-bond acceptors (Lipinski definition) is 3. The lowest BCUT2D eigenvalue weighted by Crippen LogP contribution is -2.25. The maximum absolute atomic E-state index is 12.0. The van der Waals surface area contributed by atoms with Crippen molar-refractivity contribution in [1.29, 1.82) is 0 Å². The standard InChI is InChI=1S/C16H19NO2S/c1-11-8-12(2)10-13(9-11)16(19)17-6-5-14(18)15-4-3-7-20-15/h3-4,7-10,14,18H,5-6H2,1-2H3,(H,17,19). The number of nitrogens with one attached hydrogen (secondary N) is 1. The Morgan fingerprint density at radius 1 is 1.30 bits per heavy atom. The summed E-state index contributed by atoms with van der Waals surface area (Å²) in [4.78, 5) is 13.0. The SMILES string of the molecule is Cc1cc(C)cc(C(=O)NCCC(O)c2cccs2)c1. The molecule has 106 valence electrons. The van der Waals surface area contributed by atoms with Crippen molar-refractivity contribution in [3.63, 3.8) is 0 Å². The number of benzene rings is 1. The Morgan fingerprint density at radius 3 is 2.60 bits per heavy atom. The maximum atomic E-state index is 12.0. The van der Waals surface area contributed by atoms with E-state index >= 15 is 0 Å². The van der Waals surface area contributed by atoms with E-state index in [-0.39, 0.29) is 5.91 Å². The Morgan fingerprint density at radius 2 is 2.00 bits per heavy atom. The van der Waals surface area contributed by atoms with Crippen molar-refractivity contribution in [2.45, 2.75) is 26.4 Å². The van der Waals surface area contributed by atoms with Gasteiger partial charge >= 0.3 is 0 Å². The topological polar surface area (TPSA) is 49.3 Å². The Hall–Kier alpha value is -1.65. The molecule has 0 aliphatic rings. The number of aliphatic hydroxyl groups is 1. The molecule has 0 fully saturated rings. The van der Waals surface area contributed by atoms with E-state index in [9.17, 15) is 9.90 Å². The normalized spacial score (nSPS) is 12.2. The highest BCUT2D eigenvalue weighted by Crippen LogP contribution is 2.21. The van der Waals surface area contributed by atoms with Gasteiger partial charge in [-0.15, -0.1) is 11.3 Å². The summed E-state index contributed by atoms with van der Waals surface area (Å²) in [6.45, 7) is 4.42. The van der Waals surface area contributed by atoms with Gasteiger partial charge in [0.05, 0.1) is 6.10 Å². The molecule has 1 aromatic carbocycles. The van der Waals surface area contributed by atoms with Crippen LogP contribution in [0, 0.1) is 13.8 Å². The number of thiophene rings is 1. The Balaban J connectivity index is 1.86. The zero-order chi connectivity index (χ0) is 14.5. The fourth-order valence-corrected chi connectivity index (χ4v) is 2.90. The lowest BCUT2D eigenvalue weighted by atomic mass is 10.1. The maximum Gasteiger partial charge on any atom is 0.251 e. The van der Waals surface area contributed by atoms with Crippen LogP contribution in [0.4, 0.5) is 0 Å². The van der Waals surface area contributed by atoms with Gasteiger partial charge in [-0.25, -0.2) is 0 Å². The molecule has 0 radical (unpaired) electrons. The molecule has 2 aromatic rings. The van der Waals surface area contributed by atoms with E-state index in [4.69, 9.17) is 0 Å². The van der Waals surface area contributed by atoms with Gasteiger partial charge in [0, 0.05) is 17.0 Å². The van der Waals surface area contributed by atoms with Crippen LogP contribution in [0.15, 0.2) is 35.7 Å². The predicted octanol–water partition coefficient (Wildman–Crippen LogP) is 3.22. The number of amides is 1. The summed E-state index contributed by atoms with van der Waals surface area (Å²) < 4.78 is 0. The van der Waals surface area contributed by atoms with Gasteiger partial charge in [0.15, 0.2) is 0 Å². The molecule has 1 atom stereocenters. The van der Waals surface area contributed by atoms with Gasteiger partial charge < -0.3 is 10.4 Å². The summed E-state index contributed by atoms with van der Waals surface area (Å²) in [5.41, 5.74) is 2.83. The Kier molecular flexibility index (Phi) is 4.93. The molecule has 3 nitrogen and oxygen atoms in total. The monoisotopic (exact) mass is 289 g/mol. The summed E-state index contributed by atoms with van der Waals surface area (Å²) in [5.74, 6) is -0.0878. The molecule has 1 aromatic heterocycles. The van der Waals surface area contributed by atoms with Crippen LogP contribution in [0.25, 0.3) is 0 Å². The zero-order valence-corrected chi connectivity index (χ0v) is 12.5. The number of aliphatic hydroxyl groups excluding tert-OH is 1. The van der Waals surface area contributed by atoms with Crippen molar-refractivity contribution >= 4 is 17.2 Å². The summed E-state index contributed by atoms with van der Waals surface area (Å²) in [6, 6.07) is 9.60. The van der Waals surface area contributed by atoms with Crippen LogP contribution in [0.3, 0.4) is 0 Å². The van der Waals surface area contributed by atoms with Gasteiger partial charge in [0.2, 0.25) is 0 Å². The second kappa shape index (κ2) is 6.68. The number of aryl methyl sites for hydroxylation is 2. The van der Waals surface area contributed by atoms with Gasteiger partial charge in [-0.05, 0) is 43.8 Å². The molecule has 0 spiro atoms. The van der Waals surface area contributed by atoms with E-state index in [0.717, 1.165) is 16.0 Å². The molecule has 4 heteroatoms. The molecule has 0 saturated carbocycles. The van der Waals surface area contributed by atoms with E-state index in [2.05, 4.69) is 5.32 Å². The van der Waals surface area contributed by atoms with Crippen LogP contribution in [-0.2, 0) is 0 Å². The molecule has 0 bridgehead atoms. The predicted molar refractivity (Wildman–Crippen MR) is 82.1 cm³/mol. The van der Waals surface area contributed by atoms with Crippen LogP contribution < -0.4 is 5.32 Å². The van der Waals surface area contributed by atoms with Crippen LogP contribution in [0.5, 0.6) is 0 Å². The van der Waals surface area contributed by atoms with Crippen molar-refractivity contribution in [2.75, 3.05) is 6.54 Å². The van der Waals surface area contributed by atoms with Crippen molar-refractivity contribution in [1.82, 2.24) is 5.32 Å². The minimum Gasteiger partial charge on any atom is -0.388 e. The quantitative estimate of drug-likeness (QED) is 0.888. The lowest BCUT2D eigenvalue weighted by Gasteiger charge is -2.10. The average Bonchev–Trinajstić information content (AvgIpc) is 2.91. The third kappa shape index (κ3) is 3.92. The number of carbonyl (C=O) groups is 1. The van der Waals surface area contributed by atoms with Crippen LogP contribution in [-0.4, -0.2) is 17.6 Å². The van der Waals surface area contributed by atoms with Gasteiger partial charge in [0.1, 0.15) is 0 Å². The van der Waals surface area contributed by atoms with Crippen molar-refractivity contribution in [3.8, 4) is 0 Å². The van der Waals surface area contributed by atoms with Gasteiger partial charge in [0.25, 0.3) is 5.91 Å². The molecular weight excluding hydrogens is 270 g/mol. The highest BCUT2D eigenvalue weighted by Gasteiger charge is 2.10. The first-order valence-electron chi connectivity index (χ1n) is 6.64. The second-order valence-electron chi connectivity index (χ2n) is 4.95. The van der Waals surface area contributed by atoms with Gasteiger partial charge in [-0.1, -0.05) is 23.3 Å². The molecule has 0 aliphatic heterocycles. The molecule has 1 heterocycles. The molecule has 2 N–H and O–H groups in total. The highest BCUT2D eigenvalue weighted by molar-refractivity contribution is 7.10. The Bertz CT molecular complexity index is 558. The first-order valence-corrected chi connectivity index (χ1v) is 7.52. The number of hydrogen-bond donors (Lipinski definition) is 2. The fourth-order valence-electron chi connectivity index (χ4n) is 2.15. The number of carbonyl (C=O) groups excluding carboxylic acids is 1. The first kappa shape index (κ1) is 14.8. The van der Waals surface area contributed by atoms with E-state index in [1.54, 1.807) is 0 Å². The molecule has 20 heavy (non-hydrogen) atoms. The average molecular weight is 289 g/mol. The molecule has 1 amide bonds. The van der Waals surface area contributed by atoms with Crippen molar-refractivity contribution in [2.24, 2.45) is 0 Å². The molecule has 0 saturated heterocycles. The summed E-state index contributed by atoms with van der Waals surface area (Å²) in [7, 11) is 0. The Labute approximate surface area is 123 Å². The fraction of sp³-hybridized carbons (Fsp3) is 0.312. The third-order valence-corrected chi connectivity index (χ3v) is 4.03. The van der Waals surface area contributed by atoms with Crippen LogP contribution >= 0.6 is 11.3 Å². The van der Waals surface area contributed by atoms with E-state index < -0.39 is 6.10 Å². The molecular formula is C16H19NO2S. The molecule has 2 rings (SSSR count). The van der Waals surface area contributed by atoms with Crippen LogP contribution in [0.1, 0.15) is 38.9 Å². The summed E-state index contributed by atoms with van der Waals surface area (Å²) in [5, 5.41) is 14.7. The van der Waals surface area contributed by atoms with Gasteiger partial charge in [-0.2, -0.15) is 0 Å². The molecule has 0 aliphatic carbocycles. The van der Waals surface area contributed by atoms with Gasteiger partial charge in [-0.3, -0.25) is 4.79 Å². The second-order valence-corrected chi connectivity index (χ2v) is 5.93.